The molecule has 2 heterocycles. The van der Waals surface area contributed by atoms with E-state index in [0.29, 0.717) is 31.9 Å². The Morgan fingerprint density at radius 2 is 1.85 bits per heavy atom. The van der Waals surface area contributed by atoms with E-state index in [1.807, 2.05) is 12.1 Å². The summed E-state index contributed by atoms with van der Waals surface area (Å²) in [5.41, 5.74) is 3.75. The summed E-state index contributed by atoms with van der Waals surface area (Å²) >= 11 is 0. The van der Waals surface area contributed by atoms with Crippen molar-refractivity contribution in [2.24, 2.45) is 0 Å². The Bertz CT molecular complexity index is 929. The molecule has 0 unspecified atom stereocenters. The van der Waals surface area contributed by atoms with Gasteiger partial charge in [0, 0.05) is 31.9 Å². The molecule has 3 aromatic rings. The number of amides is 2. The third-order valence-corrected chi connectivity index (χ3v) is 4.59. The van der Waals surface area contributed by atoms with Gasteiger partial charge in [-0.1, -0.05) is 6.07 Å². The molecule has 0 saturated carbocycles. The van der Waals surface area contributed by atoms with Crippen molar-refractivity contribution in [3.8, 4) is 0 Å². The number of nitrogens with zero attached hydrogens (tertiary/aromatic N) is 3. The SMILES string of the molecule is Cc1ccc2nc(N3CCN(C(=O)Nc4ccc(F)cc4)CC3)[nH]c2c1. The molecule has 134 valence electrons. The second kappa shape index (κ2) is 6.67. The quantitative estimate of drug-likeness (QED) is 0.742. The zero-order chi connectivity index (χ0) is 18.1. The van der Waals surface area contributed by atoms with E-state index in [0.717, 1.165) is 17.0 Å². The van der Waals surface area contributed by atoms with E-state index < -0.39 is 0 Å². The number of carbonyl (C=O) groups excluding carboxylic acids is 1. The van der Waals surface area contributed by atoms with E-state index in [1.165, 1.54) is 17.7 Å². The van der Waals surface area contributed by atoms with Crippen LogP contribution in [-0.2, 0) is 0 Å². The van der Waals surface area contributed by atoms with Gasteiger partial charge < -0.3 is 20.1 Å². The Kier molecular flexibility index (Phi) is 4.20. The van der Waals surface area contributed by atoms with Gasteiger partial charge in [-0.2, -0.15) is 0 Å². The van der Waals surface area contributed by atoms with Gasteiger partial charge in [-0.3, -0.25) is 0 Å². The van der Waals surface area contributed by atoms with Gasteiger partial charge in [0.25, 0.3) is 0 Å². The fraction of sp³-hybridized carbons (Fsp3) is 0.263. The average Bonchev–Trinajstić information content (AvgIpc) is 3.07. The minimum Gasteiger partial charge on any atom is -0.339 e. The number of rotatable bonds is 2. The first kappa shape index (κ1) is 16.4. The Balaban J connectivity index is 1.38. The zero-order valence-corrected chi connectivity index (χ0v) is 14.5. The Labute approximate surface area is 150 Å². The van der Waals surface area contributed by atoms with Gasteiger partial charge in [0.05, 0.1) is 11.0 Å². The molecule has 26 heavy (non-hydrogen) atoms. The molecule has 0 radical (unpaired) electrons. The van der Waals surface area contributed by atoms with Crippen LogP contribution in [0.4, 0.5) is 20.8 Å². The summed E-state index contributed by atoms with van der Waals surface area (Å²) in [6, 6.07) is 11.7. The number of benzene rings is 2. The predicted molar refractivity (Wildman–Crippen MR) is 100 cm³/mol. The lowest BCUT2D eigenvalue weighted by Gasteiger charge is -2.34. The van der Waals surface area contributed by atoms with Crippen molar-refractivity contribution in [1.82, 2.24) is 14.9 Å². The first-order valence-corrected chi connectivity index (χ1v) is 8.61. The van der Waals surface area contributed by atoms with E-state index in [4.69, 9.17) is 0 Å². The predicted octanol–water partition coefficient (Wildman–Crippen LogP) is 3.36. The number of halogens is 1. The molecule has 2 aromatic carbocycles. The number of aromatic amines is 1. The molecular formula is C19H20FN5O. The van der Waals surface area contributed by atoms with Crippen molar-refractivity contribution in [3.05, 3.63) is 53.8 Å². The van der Waals surface area contributed by atoms with Crippen LogP contribution < -0.4 is 10.2 Å². The fourth-order valence-corrected chi connectivity index (χ4v) is 3.12. The second-order valence-corrected chi connectivity index (χ2v) is 6.49. The number of aromatic nitrogens is 2. The summed E-state index contributed by atoms with van der Waals surface area (Å²) in [5.74, 6) is 0.516. The number of anilines is 2. The highest BCUT2D eigenvalue weighted by Crippen LogP contribution is 2.20. The summed E-state index contributed by atoms with van der Waals surface area (Å²) in [5, 5.41) is 2.80. The van der Waals surface area contributed by atoms with E-state index in [2.05, 4.69) is 33.2 Å². The molecule has 1 aromatic heterocycles. The molecule has 4 rings (SSSR count). The monoisotopic (exact) mass is 353 g/mol. The van der Waals surface area contributed by atoms with Crippen LogP contribution in [0.5, 0.6) is 0 Å². The van der Waals surface area contributed by atoms with Gasteiger partial charge in [0.2, 0.25) is 5.95 Å². The number of urea groups is 1. The smallest absolute Gasteiger partial charge is 0.321 e. The third kappa shape index (κ3) is 3.33. The van der Waals surface area contributed by atoms with Crippen LogP contribution in [0.1, 0.15) is 5.56 Å². The van der Waals surface area contributed by atoms with Crippen molar-refractivity contribution in [2.75, 3.05) is 36.4 Å². The van der Waals surface area contributed by atoms with Gasteiger partial charge >= 0.3 is 6.03 Å². The second-order valence-electron chi connectivity index (χ2n) is 6.49. The van der Waals surface area contributed by atoms with Gasteiger partial charge in [0.15, 0.2) is 0 Å². The number of H-pyrrole nitrogens is 1. The lowest BCUT2D eigenvalue weighted by Crippen LogP contribution is -2.50. The van der Waals surface area contributed by atoms with E-state index in [1.54, 1.807) is 17.0 Å². The van der Waals surface area contributed by atoms with Crippen molar-refractivity contribution < 1.29 is 9.18 Å². The molecule has 2 N–H and O–H groups in total. The Morgan fingerprint density at radius 1 is 1.12 bits per heavy atom. The topological polar surface area (TPSA) is 64.3 Å². The largest absolute Gasteiger partial charge is 0.339 e. The Hall–Kier alpha value is -3.09. The summed E-state index contributed by atoms with van der Waals surface area (Å²) in [7, 11) is 0. The van der Waals surface area contributed by atoms with Crippen LogP contribution in [-0.4, -0.2) is 47.1 Å². The number of hydrogen-bond donors (Lipinski definition) is 2. The summed E-state index contributed by atoms with van der Waals surface area (Å²) < 4.78 is 12.9. The highest BCUT2D eigenvalue weighted by atomic mass is 19.1. The molecule has 1 aliphatic rings. The molecular weight excluding hydrogens is 333 g/mol. The zero-order valence-electron chi connectivity index (χ0n) is 14.5. The van der Waals surface area contributed by atoms with Crippen LogP contribution >= 0.6 is 0 Å². The average molecular weight is 353 g/mol. The van der Waals surface area contributed by atoms with Crippen LogP contribution in [0.25, 0.3) is 11.0 Å². The highest BCUT2D eigenvalue weighted by Gasteiger charge is 2.23. The number of nitrogens with one attached hydrogen (secondary N) is 2. The normalized spacial score (nSPS) is 14.7. The van der Waals surface area contributed by atoms with Gasteiger partial charge in [0.1, 0.15) is 5.82 Å². The number of hydrogen-bond acceptors (Lipinski definition) is 3. The van der Waals surface area contributed by atoms with Gasteiger partial charge in [-0.15, -0.1) is 0 Å². The molecule has 7 heteroatoms. The van der Waals surface area contributed by atoms with E-state index >= 15 is 0 Å². The lowest BCUT2D eigenvalue weighted by atomic mass is 10.2. The van der Waals surface area contributed by atoms with Crippen molar-refractivity contribution in [2.45, 2.75) is 6.92 Å². The summed E-state index contributed by atoms with van der Waals surface area (Å²) in [6.07, 6.45) is 0. The van der Waals surface area contributed by atoms with Crippen molar-refractivity contribution >= 4 is 28.7 Å². The number of fused-ring (bicyclic) bond motifs is 1. The maximum Gasteiger partial charge on any atom is 0.321 e. The van der Waals surface area contributed by atoms with Gasteiger partial charge in [-0.25, -0.2) is 14.2 Å². The molecule has 6 nitrogen and oxygen atoms in total. The molecule has 1 fully saturated rings. The number of imidazole rings is 1. The number of aryl methyl sites for hydroxylation is 1. The third-order valence-electron chi connectivity index (χ3n) is 4.59. The van der Waals surface area contributed by atoms with Crippen molar-refractivity contribution in [1.29, 1.82) is 0 Å². The van der Waals surface area contributed by atoms with Crippen molar-refractivity contribution in [3.63, 3.8) is 0 Å². The first-order valence-electron chi connectivity index (χ1n) is 8.61. The lowest BCUT2D eigenvalue weighted by molar-refractivity contribution is 0.208. The molecule has 1 aliphatic heterocycles. The van der Waals surface area contributed by atoms with Crippen LogP contribution in [0.15, 0.2) is 42.5 Å². The standard InChI is InChI=1S/C19H20FN5O/c1-13-2-7-16-17(12-13)23-18(22-16)24-8-10-25(11-9-24)19(26)21-15-5-3-14(20)4-6-15/h2-7,12H,8-11H2,1H3,(H,21,26)(H,22,23). The van der Waals surface area contributed by atoms with Crippen LogP contribution in [0.3, 0.4) is 0 Å². The van der Waals surface area contributed by atoms with Crippen LogP contribution in [0.2, 0.25) is 0 Å². The highest BCUT2D eigenvalue weighted by molar-refractivity contribution is 5.89. The fourth-order valence-electron chi connectivity index (χ4n) is 3.12. The van der Waals surface area contributed by atoms with E-state index in [-0.39, 0.29) is 11.8 Å². The number of piperazine rings is 1. The minimum absolute atomic E-state index is 0.170. The maximum atomic E-state index is 12.9. The summed E-state index contributed by atoms with van der Waals surface area (Å²) in [6.45, 7) is 4.66. The van der Waals surface area contributed by atoms with Gasteiger partial charge in [-0.05, 0) is 48.9 Å². The minimum atomic E-state index is -0.322. The molecule has 0 atom stereocenters. The molecule has 2 amide bonds. The Morgan fingerprint density at radius 3 is 2.58 bits per heavy atom. The molecule has 1 saturated heterocycles. The molecule has 0 bridgehead atoms. The maximum absolute atomic E-state index is 12.9. The van der Waals surface area contributed by atoms with E-state index in [9.17, 15) is 9.18 Å². The summed E-state index contributed by atoms with van der Waals surface area (Å²) in [4.78, 5) is 24.3. The number of carbonyl (C=O) groups is 1. The van der Waals surface area contributed by atoms with Crippen LogP contribution in [0, 0.1) is 12.7 Å². The first-order chi connectivity index (χ1) is 12.6. The molecule has 0 spiro atoms. The molecule has 0 aliphatic carbocycles.